The van der Waals surface area contributed by atoms with Crippen molar-refractivity contribution in [2.75, 3.05) is 6.61 Å². The number of hydrogen-bond donors (Lipinski definition) is 3. The molecule has 0 spiro atoms. The zero-order valence-electron chi connectivity index (χ0n) is 20.3. The van der Waals surface area contributed by atoms with E-state index in [9.17, 15) is 9.59 Å². The van der Waals surface area contributed by atoms with Crippen molar-refractivity contribution in [2.24, 2.45) is 5.73 Å². The van der Waals surface area contributed by atoms with Crippen LogP contribution >= 0.6 is 0 Å². The van der Waals surface area contributed by atoms with Gasteiger partial charge in [0.05, 0.1) is 23.7 Å². The smallest absolute Gasteiger partial charge is 0.338 e. The van der Waals surface area contributed by atoms with E-state index in [2.05, 4.69) is 29.4 Å². The second kappa shape index (κ2) is 8.65. The SMILES string of the molecule is CCOC(=O)C1=C(N)NC2=C(C(=O)OC(c3c(C)cc(C)cc3C)C2)C1c1cccc2[nH]ccc12. The molecule has 0 bridgehead atoms. The molecule has 0 radical (unpaired) electrons. The standard InChI is InChI=1S/C28H29N3O4/c1-5-34-27(32)25-23(18-7-6-8-19-17(18)9-10-30-19)24-20(31-26(25)29)13-21(35-28(24)33)22-15(3)11-14(2)12-16(22)4/h6-12,21,23,30-31H,5,13,29H2,1-4H3. The molecule has 2 aliphatic heterocycles. The van der Waals surface area contributed by atoms with Crippen molar-refractivity contribution < 1.29 is 19.1 Å². The number of aromatic nitrogens is 1. The van der Waals surface area contributed by atoms with E-state index in [1.807, 2.05) is 44.3 Å². The third kappa shape index (κ3) is 3.77. The zero-order valence-corrected chi connectivity index (χ0v) is 20.3. The monoisotopic (exact) mass is 471 g/mol. The first-order chi connectivity index (χ1) is 16.8. The van der Waals surface area contributed by atoms with Gasteiger partial charge in [-0.2, -0.15) is 0 Å². The lowest BCUT2D eigenvalue weighted by Gasteiger charge is -2.37. The lowest BCUT2D eigenvalue weighted by atomic mass is 9.77. The summed E-state index contributed by atoms with van der Waals surface area (Å²) in [6.45, 7) is 8.05. The van der Waals surface area contributed by atoms with E-state index in [4.69, 9.17) is 15.2 Å². The van der Waals surface area contributed by atoms with Gasteiger partial charge in [-0.1, -0.05) is 29.8 Å². The molecule has 2 unspecified atom stereocenters. The molecule has 2 aliphatic rings. The van der Waals surface area contributed by atoms with Crippen LogP contribution in [0.15, 0.2) is 65.3 Å². The summed E-state index contributed by atoms with van der Waals surface area (Å²) < 4.78 is 11.4. The van der Waals surface area contributed by atoms with Crippen LogP contribution < -0.4 is 11.1 Å². The molecule has 0 aliphatic carbocycles. The van der Waals surface area contributed by atoms with Gasteiger partial charge in [0.15, 0.2) is 0 Å². The summed E-state index contributed by atoms with van der Waals surface area (Å²) in [4.78, 5) is 29.9. The number of hydrogen-bond acceptors (Lipinski definition) is 6. The predicted octanol–water partition coefficient (Wildman–Crippen LogP) is 4.46. The number of aromatic amines is 1. The quantitative estimate of drug-likeness (QED) is 0.485. The van der Waals surface area contributed by atoms with Gasteiger partial charge in [-0.25, -0.2) is 9.59 Å². The van der Waals surface area contributed by atoms with E-state index in [0.717, 1.165) is 38.7 Å². The topological polar surface area (TPSA) is 106 Å². The fourth-order valence-corrected chi connectivity index (χ4v) is 5.56. The Balaban J connectivity index is 1.66. The molecule has 2 atom stereocenters. The van der Waals surface area contributed by atoms with E-state index in [1.54, 1.807) is 6.92 Å². The Hall–Kier alpha value is -4.00. The molecular formula is C28H29N3O4. The van der Waals surface area contributed by atoms with E-state index in [1.165, 1.54) is 0 Å². The van der Waals surface area contributed by atoms with Gasteiger partial charge < -0.3 is 25.5 Å². The molecule has 0 saturated heterocycles. The molecule has 1 aromatic heterocycles. The highest BCUT2D eigenvalue weighted by Crippen LogP contribution is 2.46. The second-order valence-electron chi connectivity index (χ2n) is 9.19. The Morgan fingerprint density at radius 2 is 1.91 bits per heavy atom. The summed E-state index contributed by atoms with van der Waals surface area (Å²) in [6, 6.07) is 11.9. The number of benzene rings is 2. The molecule has 35 heavy (non-hydrogen) atoms. The van der Waals surface area contributed by atoms with Gasteiger partial charge in [0, 0.05) is 29.2 Å². The number of aryl methyl sites for hydroxylation is 3. The summed E-state index contributed by atoms with van der Waals surface area (Å²) in [5, 5.41) is 4.06. The fraction of sp³-hybridized carbons (Fsp3) is 0.286. The minimum atomic E-state index is -0.710. The van der Waals surface area contributed by atoms with Crippen LogP contribution in [0.25, 0.3) is 10.9 Å². The molecule has 7 heteroatoms. The second-order valence-corrected chi connectivity index (χ2v) is 9.19. The van der Waals surface area contributed by atoms with Crippen molar-refractivity contribution in [3.05, 3.63) is 93.1 Å². The van der Waals surface area contributed by atoms with Crippen LogP contribution in [-0.2, 0) is 19.1 Å². The van der Waals surface area contributed by atoms with E-state index in [0.29, 0.717) is 17.7 Å². The van der Waals surface area contributed by atoms with Crippen LogP contribution in [0.5, 0.6) is 0 Å². The predicted molar refractivity (Wildman–Crippen MR) is 133 cm³/mol. The minimum Gasteiger partial charge on any atom is -0.463 e. The maximum absolute atomic E-state index is 13.6. The largest absolute Gasteiger partial charge is 0.463 e. The van der Waals surface area contributed by atoms with Crippen LogP contribution in [-0.4, -0.2) is 23.5 Å². The van der Waals surface area contributed by atoms with Crippen molar-refractivity contribution in [1.82, 2.24) is 10.3 Å². The number of fused-ring (bicyclic) bond motifs is 1. The van der Waals surface area contributed by atoms with Crippen molar-refractivity contribution in [1.29, 1.82) is 0 Å². The van der Waals surface area contributed by atoms with Gasteiger partial charge in [-0.05, 0) is 62.1 Å². The van der Waals surface area contributed by atoms with Crippen LogP contribution in [0.4, 0.5) is 0 Å². The van der Waals surface area contributed by atoms with Gasteiger partial charge in [0.25, 0.3) is 0 Å². The van der Waals surface area contributed by atoms with E-state index in [-0.39, 0.29) is 18.0 Å². The van der Waals surface area contributed by atoms with Crippen molar-refractivity contribution in [3.63, 3.8) is 0 Å². The molecule has 0 fully saturated rings. The third-order valence-corrected chi connectivity index (χ3v) is 6.83. The van der Waals surface area contributed by atoms with Crippen LogP contribution in [0.3, 0.4) is 0 Å². The molecular weight excluding hydrogens is 442 g/mol. The summed E-state index contributed by atoms with van der Waals surface area (Å²) in [5.41, 5.74) is 13.7. The van der Waals surface area contributed by atoms with Crippen molar-refractivity contribution >= 4 is 22.8 Å². The zero-order chi connectivity index (χ0) is 24.9. The fourth-order valence-electron chi connectivity index (χ4n) is 5.56. The first-order valence-corrected chi connectivity index (χ1v) is 11.8. The normalized spacial score (nSPS) is 19.9. The Labute approximate surface area is 204 Å². The maximum Gasteiger partial charge on any atom is 0.338 e. The molecule has 0 amide bonds. The van der Waals surface area contributed by atoms with Gasteiger partial charge in [-0.15, -0.1) is 0 Å². The Morgan fingerprint density at radius 3 is 2.63 bits per heavy atom. The Morgan fingerprint density at radius 1 is 1.17 bits per heavy atom. The number of H-pyrrole nitrogens is 1. The van der Waals surface area contributed by atoms with Crippen LogP contribution in [0, 0.1) is 20.8 Å². The number of cyclic esters (lactones) is 1. The number of carbonyl (C=O) groups is 2. The van der Waals surface area contributed by atoms with Crippen molar-refractivity contribution in [3.8, 4) is 0 Å². The summed E-state index contributed by atoms with van der Waals surface area (Å²) in [7, 11) is 0. The number of rotatable bonds is 4. The van der Waals surface area contributed by atoms with Crippen LogP contribution in [0.2, 0.25) is 0 Å². The number of ether oxygens (including phenoxy) is 2. The highest BCUT2D eigenvalue weighted by atomic mass is 16.5. The summed E-state index contributed by atoms with van der Waals surface area (Å²) in [5.74, 6) is -1.53. The Kier molecular flexibility index (Phi) is 5.63. The average Bonchev–Trinajstić information content (AvgIpc) is 3.26. The third-order valence-electron chi connectivity index (χ3n) is 6.83. The number of nitrogens with two attached hydrogens (primary N) is 1. The van der Waals surface area contributed by atoms with Gasteiger partial charge in [0.2, 0.25) is 0 Å². The van der Waals surface area contributed by atoms with Crippen LogP contribution in [0.1, 0.15) is 53.2 Å². The van der Waals surface area contributed by atoms with Gasteiger partial charge in [0.1, 0.15) is 11.9 Å². The molecule has 5 rings (SSSR count). The lowest BCUT2D eigenvalue weighted by Crippen LogP contribution is -2.40. The first kappa shape index (κ1) is 22.8. The maximum atomic E-state index is 13.6. The van der Waals surface area contributed by atoms with Gasteiger partial charge >= 0.3 is 11.9 Å². The summed E-state index contributed by atoms with van der Waals surface area (Å²) in [6.07, 6.45) is 1.82. The molecule has 3 heterocycles. The van der Waals surface area contributed by atoms with E-state index >= 15 is 0 Å². The minimum absolute atomic E-state index is 0.196. The average molecular weight is 472 g/mol. The van der Waals surface area contributed by atoms with Crippen molar-refractivity contribution in [2.45, 2.75) is 46.1 Å². The Bertz CT molecular complexity index is 1410. The molecule has 4 N–H and O–H groups in total. The summed E-state index contributed by atoms with van der Waals surface area (Å²) >= 11 is 0. The number of esters is 2. The number of carbonyl (C=O) groups excluding carboxylic acids is 2. The molecule has 7 nitrogen and oxygen atoms in total. The molecule has 2 aromatic carbocycles. The highest BCUT2D eigenvalue weighted by molar-refractivity contribution is 6.02. The molecule has 0 saturated carbocycles. The van der Waals surface area contributed by atoms with E-state index < -0.39 is 24.0 Å². The highest BCUT2D eigenvalue weighted by Gasteiger charge is 2.44. The molecule has 3 aromatic rings. The number of dihydropyridines is 1. The van der Waals surface area contributed by atoms with Gasteiger partial charge in [-0.3, -0.25) is 0 Å². The molecule has 180 valence electrons. The number of nitrogens with one attached hydrogen (secondary N) is 2. The first-order valence-electron chi connectivity index (χ1n) is 11.8. The lowest BCUT2D eigenvalue weighted by molar-refractivity contribution is -0.146.